The lowest BCUT2D eigenvalue weighted by Gasteiger charge is -2.34. The Morgan fingerprint density at radius 1 is 0.295 bits per heavy atom. The van der Waals surface area contributed by atoms with E-state index in [1.54, 1.807) is 0 Å². The quantitative estimate of drug-likeness (QED) is 0.140. The molecule has 0 N–H and O–H groups in total. The molecule has 0 atom stereocenters. The molecule has 2 nitrogen and oxygen atoms in total. The van der Waals surface area contributed by atoms with E-state index in [0.29, 0.717) is 0 Å². The first-order chi connectivity index (χ1) is 38.4. The second-order valence-corrected chi connectivity index (χ2v) is 21.6. The van der Waals surface area contributed by atoms with Crippen molar-refractivity contribution in [1.29, 1.82) is 0 Å². The number of fused-ring (bicyclic) bond motifs is 9. The molecule has 1 aromatic heterocycles. The Morgan fingerprint density at radius 3 is 1.55 bits per heavy atom. The topological polar surface area (TPSA) is 8.17 Å². The van der Waals surface area contributed by atoms with Gasteiger partial charge in [0.15, 0.2) is 0 Å². The third-order valence-corrected chi connectivity index (χ3v) is 17.1. The van der Waals surface area contributed by atoms with Crippen molar-refractivity contribution in [3.05, 3.63) is 325 Å². The summed E-state index contributed by atoms with van der Waals surface area (Å²) in [5.74, 6) is 0. The molecule has 0 bridgehead atoms. The number of aromatic nitrogens is 1. The molecule has 0 saturated carbocycles. The van der Waals surface area contributed by atoms with Crippen molar-refractivity contribution in [3.8, 4) is 61.3 Å². The van der Waals surface area contributed by atoms with E-state index in [4.69, 9.17) is 0 Å². The van der Waals surface area contributed by atoms with Crippen molar-refractivity contribution in [2.24, 2.45) is 0 Å². The molecule has 0 saturated heterocycles. The Kier molecular flexibility index (Phi) is 10.5. The number of anilines is 3. The first kappa shape index (κ1) is 45.6. The lowest BCUT2D eigenvalue weighted by molar-refractivity contribution is 0.660. The smallest absolute Gasteiger partial charge is 0.0713 e. The summed E-state index contributed by atoms with van der Waals surface area (Å²) in [6, 6.07) is 108. The number of nitrogens with zero attached hydrogens (tertiary/aromatic N) is 2. The predicted molar refractivity (Wildman–Crippen MR) is 327 cm³/mol. The molecule has 0 aliphatic heterocycles. The number of rotatable bonds is 9. The molecular formula is C76H54N2. The van der Waals surface area contributed by atoms with Gasteiger partial charge in [0, 0.05) is 38.9 Å². The fourth-order valence-corrected chi connectivity index (χ4v) is 13.5. The Hall–Kier alpha value is -9.76. The molecule has 0 unspecified atom stereocenters. The fraction of sp³-hybridized carbons (Fsp3) is 0.0526. The van der Waals surface area contributed by atoms with E-state index in [1.165, 1.54) is 105 Å². The van der Waals surface area contributed by atoms with E-state index in [9.17, 15) is 0 Å². The SMILES string of the molecule is CC1(C)c2ccccc2-c2cc(N(c3ccccc3)c3cccc(-c4cccc(-c5ccc6c7ccccc7n(-c7ccc(-c8cccc9c8-c8ccccc8C9(c8ccccc8)c8ccccc8)cc7)c6c5)c4)c3)ccc21. The second-order valence-electron chi connectivity index (χ2n) is 21.6. The maximum absolute atomic E-state index is 2.45. The van der Waals surface area contributed by atoms with Crippen molar-refractivity contribution in [3.63, 3.8) is 0 Å². The van der Waals surface area contributed by atoms with Gasteiger partial charge in [-0.1, -0.05) is 238 Å². The first-order valence-electron chi connectivity index (χ1n) is 27.2. The van der Waals surface area contributed by atoms with Crippen LogP contribution in [-0.2, 0) is 10.8 Å². The molecule has 15 rings (SSSR count). The van der Waals surface area contributed by atoms with Crippen LogP contribution in [0.25, 0.3) is 83.1 Å². The highest BCUT2D eigenvalue weighted by atomic mass is 15.1. The molecule has 2 aliphatic carbocycles. The molecule has 0 radical (unpaired) electrons. The van der Waals surface area contributed by atoms with Gasteiger partial charge in [0.05, 0.1) is 16.4 Å². The molecule has 13 aromatic rings. The molecule has 0 amide bonds. The van der Waals surface area contributed by atoms with E-state index < -0.39 is 5.41 Å². The lowest BCUT2D eigenvalue weighted by atomic mass is 9.67. The zero-order chi connectivity index (χ0) is 52.0. The van der Waals surface area contributed by atoms with Crippen LogP contribution in [0.15, 0.2) is 291 Å². The summed E-state index contributed by atoms with van der Waals surface area (Å²) in [7, 11) is 0. The van der Waals surface area contributed by atoms with E-state index >= 15 is 0 Å². The van der Waals surface area contributed by atoms with Crippen molar-refractivity contribution >= 4 is 38.9 Å². The Bertz CT molecular complexity index is 4410. The highest BCUT2D eigenvalue weighted by Gasteiger charge is 2.46. The molecular weight excluding hydrogens is 941 g/mol. The third-order valence-electron chi connectivity index (χ3n) is 17.1. The average molecular weight is 995 g/mol. The Morgan fingerprint density at radius 2 is 0.808 bits per heavy atom. The van der Waals surface area contributed by atoms with Gasteiger partial charge in [-0.05, 0) is 156 Å². The second kappa shape index (κ2) is 17.9. The normalized spacial score (nSPS) is 13.5. The van der Waals surface area contributed by atoms with Crippen molar-refractivity contribution < 1.29 is 0 Å². The predicted octanol–water partition coefficient (Wildman–Crippen LogP) is 19.9. The van der Waals surface area contributed by atoms with E-state index in [-0.39, 0.29) is 5.41 Å². The van der Waals surface area contributed by atoms with Crippen LogP contribution in [0.5, 0.6) is 0 Å². The van der Waals surface area contributed by atoms with Crippen LogP contribution < -0.4 is 4.90 Å². The minimum Gasteiger partial charge on any atom is -0.310 e. The minimum absolute atomic E-state index is 0.0563. The van der Waals surface area contributed by atoms with E-state index in [1.807, 2.05) is 0 Å². The average Bonchev–Trinajstić information content (AvgIpc) is 4.30. The Labute approximate surface area is 456 Å². The van der Waals surface area contributed by atoms with Crippen LogP contribution in [0.2, 0.25) is 0 Å². The van der Waals surface area contributed by atoms with Gasteiger partial charge in [-0.2, -0.15) is 0 Å². The number of benzene rings is 12. The van der Waals surface area contributed by atoms with Crippen molar-refractivity contribution in [2.75, 3.05) is 4.90 Å². The fourth-order valence-electron chi connectivity index (χ4n) is 13.5. The first-order valence-corrected chi connectivity index (χ1v) is 27.2. The maximum Gasteiger partial charge on any atom is 0.0713 e. The summed E-state index contributed by atoms with van der Waals surface area (Å²) in [5.41, 5.74) is 26.6. The molecule has 78 heavy (non-hydrogen) atoms. The van der Waals surface area contributed by atoms with Crippen LogP contribution in [0.3, 0.4) is 0 Å². The Balaban J connectivity index is 0.803. The molecule has 2 heteroatoms. The van der Waals surface area contributed by atoms with Crippen molar-refractivity contribution in [1.82, 2.24) is 4.57 Å². The van der Waals surface area contributed by atoms with Gasteiger partial charge in [0.25, 0.3) is 0 Å². The van der Waals surface area contributed by atoms with Crippen LogP contribution in [0.4, 0.5) is 17.1 Å². The van der Waals surface area contributed by atoms with Crippen LogP contribution in [-0.4, -0.2) is 4.57 Å². The minimum atomic E-state index is -0.451. The third kappa shape index (κ3) is 6.96. The van der Waals surface area contributed by atoms with Gasteiger partial charge in [-0.25, -0.2) is 0 Å². The zero-order valence-corrected chi connectivity index (χ0v) is 43.6. The van der Waals surface area contributed by atoms with Crippen LogP contribution in [0.1, 0.15) is 47.2 Å². The van der Waals surface area contributed by atoms with Gasteiger partial charge < -0.3 is 9.47 Å². The lowest BCUT2D eigenvalue weighted by Crippen LogP contribution is -2.28. The van der Waals surface area contributed by atoms with Gasteiger partial charge in [0.1, 0.15) is 0 Å². The zero-order valence-electron chi connectivity index (χ0n) is 43.6. The molecule has 0 spiro atoms. The highest BCUT2D eigenvalue weighted by molar-refractivity contribution is 6.10. The largest absolute Gasteiger partial charge is 0.310 e. The molecule has 368 valence electrons. The number of para-hydroxylation sites is 2. The van der Waals surface area contributed by atoms with Gasteiger partial charge in [-0.15, -0.1) is 0 Å². The van der Waals surface area contributed by atoms with Gasteiger partial charge in [-0.3, -0.25) is 0 Å². The maximum atomic E-state index is 2.45. The van der Waals surface area contributed by atoms with Crippen LogP contribution >= 0.6 is 0 Å². The summed E-state index contributed by atoms with van der Waals surface area (Å²) in [6.45, 7) is 4.69. The summed E-state index contributed by atoms with van der Waals surface area (Å²) in [4.78, 5) is 2.40. The molecule has 2 aliphatic rings. The molecule has 12 aromatic carbocycles. The summed E-state index contributed by atoms with van der Waals surface area (Å²) in [6.07, 6.45) is 0. The number of hydrogen-bond donors (Lipinski definition) is 0. The molecule has 1 heterocycles. The summed E-state index contributed by atoms with van der Waals surface area (Å²) >= 11 is 0. The summed E-state index contributed by atoms with van der Waals surface area (Å²) in [5, 5.41) is 2.47. The highest BCUT2D eigenvalue weighted by Crippen LogP contribution is 2.58. The van der Waals surface area contributed by atoms with Crippen LogP contribution in [0, 0.1) is 0 Å². The standard InChI is InChI=1S/C76H54N2/c1-75(2)68-35-15-12-31-63(68)67-50-61(44-46-69(67)75)77(58-28-10-5-11-29-58)60-30-19-23-54(48-60)52-21-18-22-53(47-52)55-41-45-65-64-32-14-17-38-72(64)78(73(65)49-55)59-42-39-51(40-43-59)62-34-20-37-71-74(62)66-33-13-16-36-70(66)76(71,56-24-6-3-7-25-56)57-26-8-4-9-27-57/h3-50H,1-2H3. The van der Waals surface area contributed by atoms with Gasteiger partial charge >= 0.3 is 0 Å². The number of hydrogen-bond acceptors (Lipinski definition) is 1. The molecule has 0 fully saturated rings. The van der Waals surface area contributed by atoms with Crippen molar-refractivity contribution in [2.45, 2.75) is 24.7 Å². The van der Waals surface area contributed by atoms with E-state index in [0.717, 1.165) is 28.3 Å². The van der Waals surface area contributed by atoms with Gasteiger partial charge in [0.2, 0.25) is 0 Å². The van der Waals surface area contributed by atoms with E-state index in [2.05, 4.69) is 315 Å². The monoisotopic (exact) mass is 994 g/mol. The summed E-state index contributed by atoms with van der Waals surface area (Å²) < 4.78 is 2.45.